The molecule has 1 aliphatic heterocycles. The second-order valence-corrected chi connectivity index (χ2v) is 5.28. The average molecular weight is 341 g/mol. The van der Waals surface area contributed by atoms with Gasteiger partial charge in [0, 0.05) is 6.92 Å². The Kier molecular flexibility index (Phi) is 5.86. The van der Waals surface area contributed by atoms with Crippen LogP contribution in [-0.2, 0) is 14.3 Å². The highest BCUT2D eigenvalue weighted by Crippen LogP contribution is 2.24. The molecular weight excluding hydrogens is 322 g/mol. The van der Waals surface area contributed by atoms with Gasteiger partial charge >= 0.3 is 11.9 Å². The molecule has 0 spiro atoms. The lowest BCUT2D eigenvalue weighted by Crippen LogP contribution is -2.62. The highest BCUT2D eigenvalue weighted by molar-refractivity contribution is 5.93. The summed E-state index contributed by atoms with van der Waals surface area (Å²) in [6, 6.07) is 4.69. The number of nitrogens with two attached hydrogens (primary N) is 1. The standard InChI is InChI=1S/C15H19NO8/c1-7(18)22-9-5-3-2-4-8(9)14(21)24-15-11(16)13(20)12(19)10(6-17)23-15/h2-5,10-13,15,17,19-20H,6,16H2,1H3/t10-,11-,12+,13-,15?/m1/s1. The van der Waals surface area contributed by atoms with Crippen molar-refractivity contribution < 1.29 is 39.1 Å². The number of para-hydroxylation sites is 1. The molecule has 1 heterocycles. The van der Waals surface area contributed by atoms with Gasteiger partial charge < -0.3 is 35.3 Å². The van der Waals surface area contributed by atoms with Crippen molar-refractivity contribution in [2.24, 2.45) is 5.73 Å². The van der Waals surface area contributed by atoms with Crippen LogP contribution in [0.2, 0.25) is 0 Å². The molecule has 0 aromatic heterocycles. The lowest BCUT2D eigenvalue weighted by Gasteiger charge is -2.39. The molecule has 1 aromatic carbocycles. The number of rotatable bonds is 4. The maximum absolute atomic E-state index is 12.3. The molecule has 9 nitrogen and oxygen atoms in total. The average Bonchev–Trinajstić information content (AvgIpc) is 2.55. The normalized spacial score (nSPS) is 29.8. The second kappa shape index (κ2) is 7.69. The van der Waals surface area contributed by atoms with Crippen molar-refractivity contribution >= 4 is 11.9 Å². The zero-order valence-corrected chi connectivity index (χ0v) is 12.9. The first kappa shape index (κ1) is 18.3. The molecule has 5 N–H and O–H groups in total. The number of hydrogen-bond donors (Lipinski definition) is 4. The topological polar surface area (TPSA) is 149 Å². The van der Waals surface area contributed by atoms with Crippen LogP contribution in [-0.4, -0.2) is 64.5 Å². The van der Waals surface area contributed by atoms with Crippen LogP contribution < -0.4 is 10.5 Å². The van der Waals surface area contributed by atoms with Crippen molar-refractivity contribution in [2.45, 2.75) is 37.6 Å². The van der Waals surface area contributed by atoms with E-state index >= 15 is 0 Å². The van der Waals surface area contributed by atoms with Gasteiger partial charge in [0.05, 0.1) is 12.6 Å². The fourth-order valence-corrected chi connectivity index (χ4v) is 2.26. The minimum atomic E-state index is -1.45. The van der Waals surface area contributed by atoms with Crippen molar-refractivity contribution in [2.75, 3.05) is 6.61 Å². The zero-order chi connectivity index (χ0) is 17.9. The Hall–Kier alpha value is -2.04. The Morgan fingerprint density at radius 3 is 2.54 bits per heavy atom. The van der Waals surface area contributed by atoms with Crippen LogP contribution in [0.3, 0.4) is 0 Å². The fraction of sp³-hybridized carbons (Fsp3) is 0.467. The lowest BCUT2D eigenvalue weighted by atomic mass is 9.98. The molecule has 132 valence electrons. The summed E-state index contributed by atoms with van der Waals surface area (Å²) in [5.74, 6) is -1.51. The summed E-state index contributed by atoms with van der Waals surface area (Å²) in [7, 11) is 0. The molecule has 24 heavy (non-hydrogen) atoms. The maximum atomic E-state index is 12.3. The Morgan fingerprint density at radius 1 is 1.25 bits per heavy atom. The zero-order valence-electron chi connectivity index (χ0n) is 12.9. The summed E-state index contributed by atoms with van der Waals surface area (Å²) in [5.41, 5.74) is 5.66. The molecule has 0 saturated carbocycles. The number of ether oxygens (including phenoxy) is 3. The lowest BCUT2D eigenvalue weighted by molar-refractivity contribution is -0.248. The highest BCUT2D eigenvalue weighted by atomic mass is 16.7. The number of esters is 2. The van der Waals surface area contributed by atoms with E-state index in [-0.39, 0.29) is 11.3 Å². The molecule has 0 bridgehead atoms. The first-order chi connectivity index (χ1) is 11.3. The summed E-state index contributed by atoms with van der Waals surface area (Å²) < 4.78 is 15.2. The van der Waals surface area contributed by atoms with Gasteiger partial charge in [-0.2, -0.15) is 0 Å². The van der Waals surface area contributed by atoms with Crippen LogP contribution in [0.15, 0.2) is 24.3 Å². The van der Waals surface area contributed by atoms with Gasteiger partial charge in [-0.3, -0.25) is 4.79 Å². The molecule has 1 unspecified atom stereocenters. The predicted molar refractivity (Wildman–Crippen MR) is 78.9 cm³/mol. The van der Waals surface area contributed by atoms with Gasteiger partial charge in [-0.05, 0) is 12.1 Å². The second-order valence-electron chi connectivity index (χ2n) is 5.28. The first-order valence-electron chi connectivity index (χ1n) is 7.21. The van der Waals surface area contributed by atoms with E-state index in [4.69, 9.17) is 25.1 Å². The van der Waals surface area contributed by atoms with Crippen LogP contribution in [0.25, 0.3) is 0 Å². The minimum Gasteiger partial charge on any atom is -0.430 e. The molecule has 0 amide bonds. The number of hydrogen-bond acceptors (Lipinski definition) is 9. The highest BCUT2D eigenvalue weighted by Gasteiger charge is 2.44. The van der Waals surface area contributed by atoms with Crippen molar-refractivity contribution in [3.05, 3.63) is 29.8 Å². The molecule has 9 heteroatoms. The van der Waals surface area contributed by atoms with Crippen molar-refractivity contribution in [1.29, 1.82) is 0 Å². The van der Waals surface area contributed by atoms with Crippen LogP contribution in [0.1, 0.15) is 17.3 Å². The van der Waals surface area contributed by atoms with Crippen LogP contribution >= 0.6 is 0 Å². The van der Waals surface area contributed by atoms with Gasteiger partial charge in [-0.25, -0.2) is 4.79 Å². The maximum Gasteiger partial charge on any atom is 0.344 e. The summed E-state index contributed by atoms with van der Waals surface area (Å²) >= 11 is 0. The van der Waals surface area contributed by atoms with Gasteiger partial charge in [0.25, 0.3) is 0 Å². The number of carbonyl (C=O) groups is 2. The Morgan fingerprint density at radius 2 is 1.92 bits per heavy atom. The van der Waals surface area contributed by atoms with Crippen LogP contribution in [0, 0.1) is 0 Å². The third-order valence-electron chi connectivity index (χ3n) is 3.51. The molecule has 0 radical (unpaired) electrons. The van der Waals surface area contributed by atoms with Gasteiger partial charge in [0.2, 0.25) is 6.29 Å². The molecule has 1 aromatic rings. The van der Waals surface area contributed by atoms with Crippen molar-refractivity contribution in [1.82, 2.24) is 0 Å². The van der Waals surface area contributed by atoms with Gasteiger partial charge in [-0.15, -0.1) is 0 Å². The van der Waals surface area contributed by atoms with Crippen LogP contribution in [0.4, 0.5) is 0 Å². The summed E-state index contributed by atoms with van der Waals surface area (Å²) in [5, 5.41) is 28.7. The number of aliphatic hydroxyl groups excluding tert-OH is 3. The summed E-state index contributed by atoms with van der Waals surface area (Å²) in [6.07, 6.45) is -5.40. The number of carbonyl (C=O) groups excluding carboxylic acids is 2. The van der Waals surface area contributed by atoms with E-state index in [9.17, 15) is 19.8 Å². The van der Waals surface area contributed by atoms with E-state index in [1.54, 1.807) is 12.1 Å². The van der Waals surface area contributed by atoms with Crippen molar-refractivity contribution in [3.63, 3.8) is 0 Å². The van der Waals surface area contributed by atoms with Gasteiger partial charge in [0.15, 0.2) is 0 Å². The summed E-state index contributed by atoms with van der Waals surface area (Å²) in [4.78, 5) is 23.4. The van der Waals surface area contributed by atoms with E-state index in [0.717, 1.165) is 0 Å². The third kappa shape index (κ3) is 3.89. The molecule has 1 fully saturated rings. The van der Waals surface area contributed by atoms with Crippen molar-refractivity contribution in [3.8, 4) is 5.75 Å². The van der Waals surface area contributed by atoms with Gasteiger partial charge in [0.1, 0.15) is 29.6 Å². The molecule has 5 atom stereocenters. The summed E-state index contributed by atoms with van der Waals surface area (Å²) in [6.45, 7) is 0.592. The third-order valence-corrected chi connectivity index (χ3v) is 3.51. The molecule has 2 rings (SSSR count). The number of aliphatic hydroxyl groups is 3. The Bertz CT molecular complexity index is 605. The van der Waals surface area contributed by atoms with E-state index < -0.39 is 49.2 Å². The van der Waals surface area contributed by atoms with E-state index in [1.807, 2.05) is 0 Å². The molecule has 0 aliphatic carbocycles. The van der Waals surface area contributed by atoms with Gasteiger partial charge in [-0.1, -0.05) is 12.1 Å². The quantitative estimate of drug-likeness (QED) is 0.380. The Labute approximate surface area is 137 Å². The van der Waals surface area contributed by atoms with E-state index in [1.165, 1.54) is 19.1 Å². The predicted octanol–water partition coefficient (Wildman–Crippen LogP) is -1.46. The van der Waals surface area contributed by atoms with Crippen LogP contribution in [0.5, 0.6) is 5.75 Å². The first-order valence-corrected chi connectivity index (χ1v) is 7.21. The Balaban J connectivity index is 2.16. The van der Waals surface area contributed by atoms with E-state index in [0.29, 0.717) is 0 Å². The largest absolute Gasteiger partial charge is 0.430 e. The van der Waals surface area contributed by atoms with E-state index in [2.05, 4.69) is 0 Å². The smallest absolute Gasteiger partial charge is 0.344 e. The fourth-order valence-electron chi connectivity index (χ4n) is 2.26. The molecule has 1 saturated heterocycles. The number of benzene rings is 1. The molecule has 1 aliphatic rings. The minimum absolute atomic E-state index is 0.00123. The SMILES string of the molecule is CC(=O)Oc1ccccc1C(=O)OC1O[C@H](CO)[C@H](O)[C@H](O)[C@H]1N. The monoisotopic (exact) mass is 341 g/mol. The molecular formula is C15H19NO8.